The molecule has 5 aromatic rings. The van der Waals surface area contributed by atoms with E-state index in [1.807, 2.05) is 38.0 Å². The van der Waals surface area contributed by atoms with Crippen LogP contribution in [0.4, 0.5) is 0 Å². The molecule has 3 heterocycles. The number of H-pyrrole nitrogens is 1. The molecular weight excluding hydrogens is 386 g/mol. The second kappa shape index (κ2) is 8.57. The van der Waals surface area contributed by atoms with E-state index in [0.29, 0.717) is 0 Å². The summed E-state index contributed by atoms with van der Waals surface area (Å²) in [6, 6.07) is 17.0. The Hall–Kier alpha value is -3.71. The number of aromatic nitrogens is 6. The van der Waals surface area contributed by atoms with Crippen molar-refractivity contribution in [2.45, 2.75) is 26.2 Å². The van der Waals surface area contributed by atoms with Gasteiger partial charge in [-0.25, -0.2) is 15.0 Å². The molecule has 0 amide bonds. The first-order valence-electron chi connectivity index (χ1n) is 10.4. The van der Waals surface area contributed by atoms with E-state index in [4.69, 9.17) is 0 Å². The van der Waals surface area contributed by atoms with Crippen molar-refractivity contribution in [3.05, 3.63) is 102 Å². The summed E-state index contributed by atoms with van der Waals surface area (Å²) in [7, 11) is 2.03. The Morgan fingerprint density at radius 2 is 1.81 bits per heavy atom. The predicted molar refractivity (Wildman–Crippen MR) is 120 cm³/mol. The molecule has 0 aliphatic rings. The molecule has 0 aliphatic carbocycles. The molecule has 3 aromatic heterocycles. The molecule has 7 nitrogen and oxygen atoms in total. The van der Waals surface area contributed by atoms with E-state index in [2.05, 4.69) is 76.4 Å². The number of rotatable bonds is 8. The summed E-state index contributed by atoms with van der Waals surface area (Å²) in [5.41, 5.74) is 4.67. The van der Waals surface area contributed by atoms with Crippen LogP contribution in [0, 0.1) is 0 Å². The summed E-state index contributed by atoms with van der Waals surface area (Å²) in [5.74, 6) is 1.98. The molecule has 2 aromatic carbocycles. The molecule has 0 aliphatic heterocycles. The lowest BCUT2D eigenvalue weighted by Crippen LogP contribution is -2.24. The number of aryl methyl sites for hydroxylation is 1. The highest BCUT2D eigenvalue weighted by Crippen LogP contribution is 2.19. The van der Waals surface area contributed by atoms with Crippen molar-refractivity contribution in [1.82, 2.24) is 34.0 Å². The fourth-order valence-corrected chi connectivity index (χ4v) is 3.88. The predicted octanol–water partition coefficient (Wildman–Crippen LogP) is 3.74. The van der Waals surface area contributed by atoms with E-state index in [9.17, 15) is 0 Å². The van der Waals surface area contributed by atoms with Crippen molar-refractivity contribution in [3.63, 3.8) is 0 Å². The van der Waals surface area contributed by atoms with Gasteiger partial charge < -0.3 is 14.1 Å². The van der Waals surface area contributed by atoms with Crippen LogP contribution < -0.4 is 0 Å². The zero-order chi connectivity index (χ0) is 21.0. The standard InChI is InChI=1S/C24H25N7/c1-29-12-11-27-24(29)17-30(16-23-25-9-10-26-23)14-20-7-8-21-22(13-20)31(18-28-21)15-19-5-3-2-4-6-19/h2-13,18H,14-17H2,1H3,(H,25,26). The Morgan fingerprint density at radius 3 is 2.58 bits per heavy atom. The Bertz CT molecular complexity index is 1250. The molecule has 156 valence electrons. The minimum Gasteiger partial charge on any atom is -0.348 e. The van der Waals surface area contributed by atoms with Gasteiger partial charge in [0, 0.05) is 44.9 Å². The lowest BCUT2D eigenvalue weighted by Gasteiger charge is -2.21. The second-order valence-electron chi connectivity index (χ2n) is 7.82. The quantitative estimate of drug-likeness (QED) is 0.422. The highest BCUT2D eigenvalue weighted by Gasteiger charge is 2.13. The van der Waals surface area contributed by atoms with Gasteiger partial charge in [-0.1, -0.05) is 36.4 Å². The van der Waals surface area contributed by atoms with Gasteiger partial charge in [0.2, 0.25) is 0 Å². The summed E-state index contributed by atoms with van der Waals surface area (Å²) < 4.78 is 4.27. The molecule has 31 heavy (non-hydrogen) atoms. The zero-order valence-electron chi connectivity index (χ0n) is 17.5. The highest BCUT2D eigenvalue weighted by molar-refractivity contribution is 5.76. The molecule has 1 N–H and O–H groups in total. The Kier molecular flexibility index (Phi) is 5.33. The van der Waals surface area contributed by atoms with Gasteiger partial charge in [0.25, 0.3) is 0 Å². The average molecular weight is 412 g/mol. The fourth-order valence-electron chi connectivity index (χ4n) is 3.88. The number of aromatic amines is 1. The largest absolute Gasteiger partial charge is 0.348 e. The van der Waals surface area contributed by atoms with Gasteiger partial charge in [-0.2, -0.15) is 0 Å². The third-order valence-electron chi connectivity index (χ3n) is 5.50. The van der Waals surface area contributed by atoms with E-state index in [0.717, 1.165) is 48.9 Å². The maximum Gasteiger partial charge on any atom is 0.122 e. The van der Waals surface area contributed by atoms with Gasteiger partial charge in [-0.3, -0.25) is 4.90 Å². The van der Waals surface area contributed by atoms with Crippen LogP contribution in [-0.2, 0) is 33.2 Å². The molecule has 0 saturated carbocycles. The fraction of sp³-hybridized carbons (Fsp3) is 0.208. The van der Waals surface area contributed by atoms with Crippen molar-refractivity contribution in [2.75, 3.05) is 0 Å². The van der Waals surface area contributed by atoms with Gasteiger partial charge in [-0.15, -0.1) is 0 Å². The van der Waals surface area contributed by atoms with Crippen molar-refractivity contribution in [1.29, 1.82) is 0 Å². The monoisotopic (exact) mass is 411 g/mol. The molecule has 5 rings (SSSR count). The molecule has 0 unspecified atom stereocenters. The van der Waals surface area contributed by atoms with Gasteiger partial charge in [0.1, 0.15) is 11.6 Å². The van der Waals surface area contributed by atoms with E-state index >= 15 is 0 Å². The van der Waals surface area contributed by atoms with Crippen molar-refractivity contribution < 1.29 is 0 Å². The third-order valence-corrected chi connectivity index (χ3v) is 5.50. The SMILES string of the molecule is Cn1ccnc1CN(Cc1ccc2ncn(Cc3ccccc3)c2c1)Cc1ncc[nH]1. The van der Waals surface area contributed by atoms with Crippen LogP contribution in [0.25, 0.3) is 11.0 Å². The average Bonchev–Trinajstić information content (AvgIpc) is 3.52. The summed E-state index contributed by atoms with van der Waals surface area (Å²) in [4.78, 5) is 19.1. The van der Waals surface area contributed by atoms with Crippen LogP contribution >= 0.6 is 0 Å². The summed E-state index contributed by atoms with van der Waals surface area (Å²) in [5, 5.41) is 0. The van der Waals surface area contributed by atoms with Gasteiger partial charge in [0.05, 0.1) is 30.5 Å². The topological polar surface area (TPSA) is 67.6 Å². The van der Waals surface area contributed by atoms with Crippen LogP contribution in [0.5, 0.6) is 0 Å². The number of benzene rings is 2. The number of fused-ring (bicyclic) bond motifs is 1. The third kappa shape index (κ3) is 4.41. The van der Waals surface area contributed by atoms with Crippen LogP contribution in [-0.4, -0.2) is 34.0 Å². The van der Waals surface area contributed by atoms with Crippen LogP contribution in [0.15, 0.2) is 79.6 Å². The molecular formula is C24H25N7. The maximum atomic E-state index is 4.59. The van der Waals surface area contributed by atoms with Crippen LogP contribution in [0.2, 0.25) is 0 Å². The minimum absolute atomic E-state index is 0.723. The molecule has 0 saturated heterocycles. The zero-order valence-corrected chi connectivity index (χ0v) is 17.5. The number of hydrogen-bond acceptors (Lipinski definition) is 4. The molecule has 0 spiro atoms. The number of nitrogens with zero attached hydrogens (tertiary/aromatic N) is 6. The molecule has 7 heteroatoms. The van der Waals surface area contributed by atoms with E-state index in [1.165, 1.54) is 11.1 Å². The molecule has 0 atom stereocenters. The number of nitrogens with one attached hydrogen (secondary N) is 1. The number of imidazole rings is 3. The van der Waals surface area contributed by atoms with Crippen molar-refractivity contribution in [3.8, 4) is 0 Å². The van der Waals surface area contributed by atoms with E-state index in [1.54, 1.807) is 6.20 Å². The normalized spacial score (nSPS) is 11.5. The molecule has 0 bridgehead atoms. The summed E-state index contributed by atoms with van der Waals surface area (Å²) >= 11 is 0. The second-order valence-corrected chi connectivity index (χ2v) is 7.82. The maximum absolute atomic E-state index is 4.59. The van der Waals surface area contributed by atoms with Crippen molar-refractivity contribution >= 4 is 11.0 Å². The molecule has 0 fully saturated rings. The van der Waals surface area contributed by atoms with Gasteiger partial charge in [0.15, 0.2) is 0 Å². The van der Waals surface area contributed by atoms with Gasteiger partial charge in [-0.05, 0) is 23.3 Å². The lowest BCUT2D eigenvalue weighted by molar-refractivity contribution is 0.233. The Morgan fingerprint density at radius 1 is 0.903 bits per heavy atom. The van der Waals surface area contributed by atoms with E-state index < -0.39 is 0 Å². The number of hydrogen-bond donors (Lipinski definition) is 1. The van der Waals surface area contributed by atoms with Crippen molar-refractivity contribution in [2.24, 2.45) is 7.05 Å². The first kappa shape index (κ1) is 19.3. The smallest absolute Gasteiger partial charge is 0.122 e. The molecule has 0 radical (unpaired) electrons. The van der Waals surface area contributed by atoms with Crippen LogP contribution in [0.3, 0.4) is 0 Å². The first-order chi connectivity index (χ1) is 15.2. The van der Waals surface area contributed by atoms with Crippen LogP contribution in [0.1, 0.15) is 22.8 Å². The lowest BCUT2D eigenvalue weighted by atomic mass is 10.1. The first-order valence-corrected chi connectivity index (χ1v) is 10.4. The van der Waals surface area contributed by atoms with E-state index in [-0.39, 0.29) is 0 Å². The summed E-state index contributed by atoms with van der Waals surface area (Å²) in [6.07, 6.45) is 9.41. The Labute approximate surface area is 181 Å². The highest BCUT2D eigenvalue weighted by atomic mass is 15.2. The summed E-state index contributed by atoms with van der Waals surface area (Å²) in [6.45, 7) is 3.07. The Balaban J connectivity index is 1.40. The van der Waals surface area contributed by atoms with Gasteiger partial charge >= 0.3 is 0 Å². The minimum atomic E-state index is 0.723.